The summed E-state index contributed by atoms with van der Waals surface area (Å²) in [5.41, 5.74) is 1.90. The average Bonchev–Trinajstić information content (AvgIpc) is 2.28. The number of rotatable bonds is 4. The minimum atomic E-state index is -0.385. The maximum Gasteiger partial charge on any atom is 0.327 e. The summed E-state index contributed by atoms with van der Waals surface area (Å²) in [6, 6.07) is 5.31. The quantitative estimate of drug-likeness (QED) is 0.748. The lowest BCUT2D eigenvalue weighted by molar-refractivity contribution is -0.146. The Hall–Kier alpha value is -1.55. The monoisotopic (exact) mass is 237 g/mol. The number of likely N-dealkylation sites (N-methyl/N-ethyl adjacent to an activating group) is 1. The molecule has 0 saturated heterocycles. The minimum Gasteiger partial charge on any atom is -0.496 e. The predicted octanol–water partition coefficient (Wildman–Crippen LogP) is 1.78. The van der Waals surface area contributed by atoms with E-state index in [4.69, 9.17) is 9.47 Å². The third-order valence-corrected chi connectivity index (χ3v) is 2.68. The summed E-state index contributed by atoms with van der Waals surface area (Å²) >= 11 is 0. The van der Waals surface area contributed by atoms with E-state index in [0.29, 0.717) is 0 Å². The van der Waals surface area contributed by atoms with Crippen LogP contribution in [0.15, 0.2) is 18.2 Å². The molecule has 0 aliphatic carbocycles. The Morgan fingerprint density at radius 1 is 1.29 bits per heavy atom. The second-order valence-corrected chi connectivity index (χ2v) is 4.12. The van der Waals surface area contributed by atoms with Crippen LogP contribution in [0, 0.1) is 6.92 Å². The van der Waals surface area contributed by atoms with Crippen LogP contribution in [0.25, 0.3) is 0 Å². The average molecular weight is 237 g/mol. The largest absolute Gasteiger partial charge is 0.496 e. The number of hydrogen-bond donors (Lipinski definition) is 0. The highest BCUT2D eigenvalue weighted by Gasteiger charge is 2.24. The first-order valence-electron chi connectivity index (χ1n) is 5.40. The molecule has 0 bridgehead atoms. The number of ether oxygens (including phenoxy) is 2. The first-order chi connectivity index (χ1) is 8.01. The van der Waals surface area contributed by atoms with Gasteiger partial charge < -0.3 is 9.47 Å². The van der Waals surface area contributed by atoms with Gasteiger partial charge in [-0.25, -0.2) is 4.79 Å². The second-order valence-electron chi connectivity index (χ2n) is 4.12. The van der Waals surface area contributed by atoms with Crippen molar-refractivity contribution >= 4 is 5.97 Å². The molecule has 0 radical (unpaired) electrons. The fourth-order valence-corrected chi connectivity index (χ4v) is 1.83. The summed E-state index contributed by atoms with van der Waals surface area (Å²) in [7, 11) is 6.73. The lowest BCUT2D eigenvalue weighted by Gasteiger charge is -2.22. The molecule has 0 fully saturated rings. The summed E-state index contributed by atoms with van der Waals surface area (Å²) in [5.74, 6) is 0.552. The maximum absolute atomic E-state index is 11.7. The van der Waals surface area contributed by atoms with E-state index in [-0.39, 0.29) is 12.0 Å². The van der Waals surface area contributed by atoms with Gasteiger partial charge in [-0.05, 0) is 38.2 Å². The fraction of sp³-hybridized carbons (Fsp3) is 0.462. The first-order valence-corrected chi connectivity index (χ1v) is 5.40. The molecule has 0 amide bonds. The van der Waals surface area contributed by atoms with Crippen molar-refractivity contribution in [1.29, 1.82) is 0 Å². The minimum absolute atomic E-state index is 0.264. The molecule has 0 aromatic heterocycles. The molecular weight excluding hydrogens is 218 g/mol. The number of esters is 1. The fourth-order valence-electron chi connectivity index (χ4n) is 1.83. The van der Waals surface area contributed by atoms with Crippen LogP contribution in [-0.4, -0.2) is 39.2 Å². The summed E-state index contributed by atoms with van der Waals surface area (Å²) in [6.45, 7) is 1.95. The summed E-state index contributed by atoms with van der Waals surface area (Å²) in [5, 5.41) is 0. The Morgan fingerprint density at radius 3 is 2.35 bits per heavy atom. The Balaban J connectivity index is 3.11. The zero-order chi connectivity index (χ0) is 13.0. The highest BCUT2D eigenvalue weighted by atomic mass is 16.5. The smallest absolute Gasteiger partial charge is 0.327 e. The van der Waals surface area contributed by atoms with Gasteiger partial charge >= 0.3 is 5.97 Å². The Morgan fingerprint density at radius 2 is 1.94 bits per heavy atom. The molecule has 0 heterocycles. The van der Waals surface area contributed by atoms with Crippen molar-refractivity contribution in [2.24, 2.45) is 0 Å². The molecule has 4 nitrogen and oxygen atoms in total. The van der Waals surface area contributed by atoms with Crippen molar-refractivity contribution in [1.82, 2.24) is 4.90 Å². The van der Waals surface area contributed by atoms with Crippen molar-refractivity contribution in [3.8, 4) is 5.75 Å². The molecule has 1 unspecified atom stereocenters. The molecule has 0 N–H and O–H groups in total. The van der Waals surface area contributed by atoms with Gasteiger partial charge in [-0.15, -0.1) is 0 Å². The van der Waals surface area contributed by atoms with E-state index < -0.39 is 0 Å². The van der Waals surface area contributed by atoms with Crippen LogP contribution in [0.5, 0.6) is 5.75 Å². The van der Waals surface area contributed by atoms with Crippen molar-refractivity contribution < 1.29 is 14.3 Å². The van der Waals surface area contributed by atoms with Gasteiger partial charge in [0.05, 0.1) is 14.2 Å². The molecule has 1 aromatic rings. The molecule has 0 spiro atoms. The lowest BCUT2D eigenvalue weighted by Crippen LogP contribution is -2.28. The Bertz CT molecular complexity index is 402. The molecular formula is C13H19NO3. The molecule has 94 valence electrons. The summed E-state index contributed by atoms with van der Waals surface area (Å²) in [6.07, 6.45) is 0. The summed E-state index contributed by atoms with van der Waals surface area (Å²) in [4.78, 5) is 13.6. The normalized spacial score (nSPS) is 12.4. The molecule has 1 atom stereocenters. The van der Waals surface area contributed by atoms with E-state index in [1.807, 2.05) is 44.1 Å². The molecule has 1 aromatic carbocycles. The van der Waals surface area contributed by atoms with Crippen molar-refractivity contribution in [3.63, 3.8) is 0 Å². The SMILES string of the molecule is COC(=O)C(c1ccc(OC)c(C)c1)N(C)C. The molecule has 17 heavy (non-hydrogen) atoms. The summed E-state index contributed by atoms with van der Waals surface area (Å²) < 4.78 is 10.0. The predicted molar refractivity (Wildman–Crippen MR) is 66.2 cm³/mol. The molecule has 0 aliphatic rings. The second kappa shape index (κ2) is 5.68. The zero-order valence-corrected chi connectivity index (χ0v) is 11.0. The number of carbonyl (C=O) groups is 1. The molecule has 4 heteroatoms. The third-order valence-electron chi connectivity index (χ3n) is 2.68. The molecule has 1 rings (SSSR count). The van der Waals surface area contributed by atoms with Gasteiger partial charge in [0.25, 0.3) is 0 Å². The number of hydrogen-bond acceptors (Lipinski definition) is 4. The van der Waals surface area contributed by atoms with Gasteiger partial charge in [0, 0.05) is 0 Å². The Kier molecular flexibility index (Phi) is 4.52. The lowest BCUT2D eigenvalue weighted by atomic mass is 10.0. The van der Waals surface area contributed by atoms with Gasteiger partial charge in [0.15, 0.2) is 0 Å². The van der Waals surface area contributed by atoms with Gasteiger partial charge in [-0.3, -0.25) is 4.90 Å². The van der Waals surface area contributed by atoms with Crippen LogP contribution in [-0.2, 0) is 9.53 Å². The van der Waals surface area contributed by atoms with E-state index in [0.717, 1.165) is 16.9 Å². The highest BCUT2D eigenvalue weighted by molar-refractivity contribution is 5.77. The first kappa shape index (κ1) is 13.5. The number of benzene rings is 1. The third kappa shape index (κ3) is 2.97. The Labute approximate surface area is 102 Å². The van der Waals surface area contributed by atoms with Crippen molar-refractivity contribution in [2.75, 3.05) is 28.3 Å². The number of carbonyl (C=O) groups excluding carboxylic acids is 1. The van der Waals surface area contributed by atoms with Crippen LogP contribution in [0.4, 0.5) is 0 Å². The van der Waals surface area contributed by atoms with Crippen LogP contribution in [0.1, 0.15) is 17.2 Å². The van der Waals surface area contributed by atoms with E-state index >= 15 is 0 Å². The standard InChI is InChI=1S/C13H19NO3/c1-9-8-10(6-7-11(9)16-4)12(14(2)3)13(15)17-5/h6-8,12H,1-5H3. The number of methoxy groups -OCH3 is 2. The van der Waals surface area contributed by atoms with Gasteiger partial charge in [0.2, 0.25) is 0 Å². The molecule has 0 aliphatic heterocycles. The van der Waals surface area contributed by atoms with Crippen LogP contribution < -0.4 is 4.74 Å². The zero-order valence-electron chi connectivity index (χ0n) is 11.0. The van der Waals surface area contributed by atoms with Crippen molar-refractivity contribution in [2.45, 2.75) is 13.0 Å². The van der Waals surface area contributed by atoms with E-state index in [1.54, 1.807) is 7.11 Å². The van der Waals surface area contributed by atoms with E-state index in [1.165, 1.54) is 7.11 Å². The van der Waals surface area contributed by atoms with Gasteiger partial charge in [0.1, 0.15) is 11.8 Å². The maximum atomic E-state index is 11.7. The highest BCUT2D eigenvalue weighted by Crippen LogP contribution is 2.25. The number of nitrogens with zero attached hydrogens (tertiary/aromatic N) is 1. The topological polar surface area (TPSA) is 38.8 Å². The van der Waals surface area contributed by atoms with E-state index in [9.17, 15) is 4.79 Å². The van der Waals surface area contributed by atoms with Crippen LogP contribution in [0.2, 0.25) is 0 Å². The van der Waals surface area contributed by atoms with Crippen LogP contribution in [0.3, 0.4) is 0 Å². The number of aryl methyl sites for hydroxylation is 1. The van der Waals surface area contributed by atoms with Crippen LogP contribution >= 0.6 is 0 Å². The van der Waals surface area contributed by atoms with Gasteiger partial charge in [-0.1, -0.05) is 12.1 Å². The molecule has 0 saturated carbocycles. The van der Waals surface area contributed by atoms with Crippen molar-refractivity contribution in [3.05, 3.63) is 29.3 Å². The van der Waals surface area contributed by atoms with Gasteiger partial charge in [-0.2, -0.15) is 0 Å². The van der Waals surface area contributed by atoms with E-state index in [2.05, 4.69) is 0 Å².